The molecule has 0 saturated carbocycles. The summed E-state index contributed by atoms with van der Waals surface area (Å²) in [6.07, 6.45) is 0. The molecular formula is C22H16FN5O2S. The minimum absolute atomic E-state index is 0.00427. The summed E-state index contributed by atoms with van der Waals surface area (Å²) in [7, 11) is 0. The predicted molar refractivity (Wildman–Crippen MR) is 113 cm³/mol. The largest absolute Gasteiger partial charge is 0.479 e. The van der Waals surface area contributed by atoms with E-state index in [9.17, 15) is 9.18 Å². The SMILES string of the molecule is N#CCOc1cccc(CNC(=O)c2nc(-c3cccs3)n(-c3ccc(F)cc3)n2)c1. The molecule has 4 rings (SSSR count). The molecular weight excluding hydrogens is 417 g/mol. The van der Waals surface area contributed by atoms with Gasteiger partial charge in [0.1, 0.15) is 17.6 Å². The summed E-state index contributed by atoms with van der Waals surface area (Å²) in [4.78, 5) is 18.0. The highest BCUT2D eigenvalue weighted by atomic mass is 32.1. The number of nitrogens with one attached hydrogen (secondary N) is 1. The lowest BCUT2D eigenvalue weighted by Gasteiger charge is -2.06. The Hall–Kier alpha value is -4.03. The lowest BCUT2D eigenvalue weighted by atomic mass is 10.2. The second kappa shape index (κ2) is 9.19. The van der Waals surface area contributed by atoms with Crippen LogP contribution < -0.4 is 10.1 Å². The number of rotatable bonds is 7. The van der Waals surface area contributed by atoms with Gasteiger partial charge in [-0.2, -0.15) is 5.26 Å². The number of thiophene rings is 1. The summed E-state index contributed by atoms with van der Waals surface area (Å²) in [6, 6.07) is 18.6. The third kappa shape index (κ3) is 4.76. The minimum atomic E-state index is -0.443. The van der Waals surface area contributed by atoms with E-state index >= 15 is 0 Å². The molecule has 0 aliphatic rings. The second-order valence-electron chi connectivity index (χ2n) is 6.40. The first kappa shape index (κ1) is 20.3. The number of halogens is 1. The fourth-order valence-electron chi connectivity index (χ4n) is 2.86. The molecule has 1 amide bonds. The van der Waals surface area contributed by atoms with Gasteiger partial charge in [-0.15, -0.1) is 16.4 Å². The third-order valence-corrected chi connectivity index (χ3v) is 5.14. The Bertz CT molecular complexity index is 1230. The molecule has 0 fully saturated rings. The van der Waals surface area contributed by atoms with Gasteiger partial charge in [-0.1, -0.05) is 18.2 Å². The highest BCUT2D eigenvalue weighted by molar-refractivity contribution is 7.13. The van der Waals surface area contributed by atoms with E-state index in [-0.39, 0.29) is 24.8 Å². The van der Waals surface area contributed by atoms with Gasteiger partial charge in [0.2, 0.25) is 5.82 Å². The maximum absolute atomic E-state index is 13.3. The van der Waals surface area contributed by atoms with Crippen LogP contribution in [0.15, 0.2) is 66.0 Å². The first-order chi connectivity index (χ1) is 15.1. The number of hydrogen-bond acceptors (Lipinski definition) is 6. The fraction of sp³-hybridized carbons (Fsp3) is 0.0909. The van der Waals surface area contributed by atoms with E-state index in [2.05, 4.69) is 15.4 Å². The van der Waals surface area contributed by atoms with Crippen molar-refractivity contribution in [2.45, 2.75) is 6.54 Å². The summed E-state index contributed by atoms with van der Waals surface area (Å²) in [5, 5.41) is 17.7. The van der Waals surface area contributed by atoms with Crippen molar-refractivity contribution in [3.8, 4) is 28.2 Å². The molecule has 0 spiro atoms. The number of carbonyl (C=O) groups is 1. The number of amides is 1. The number of nitriles is 1. The second-order valence-corrected chi connectivity index (χ2v) is 7.35. The van der Waals surface area contributed by atoms with Gasteiger partial charge in [0, 0.05) is 6.54 Å². The van der Waals surface area contributed by atoms with Crippen LogP contribution >= 0.6 is 11.3 Å². The van der Waals surface area contributed by atoms with Crippen LogP contribution in [0.2, 0.25) is 0 Å². The Labute approximate surface area is 181 Å². The van der Waals surface area contributed by atoms with Crippen molar-refractivity contribution in [1.29, 1.82) is 5.26 Å². The van der Waals surface area contributed by atoms with Gasteiger partial charge in [-0.05, 0) is 53.4 Å². The first-order valence-electron chi connectivity index (χ1n) is 9.28. The molecule has 2 heterocycles. The summed E-state index contributed by atoms with van der Waals surface area (Å²) < 4.78 is 20.1. The summed E-state index contributed by atoms with van der Waals surface area (Å²) in [6.45, 7) is 0.189. The van der Waals surface area contributed by atoms with Gasteiger partial charge in [-0.25, -0.2) is 14.1 Å². The topological polar surface area (TPSA) is 92.8 Å². The maximum atomic E-state index is 13.3. The molecule has 0 aliphatic heterocycles. The number of ether oxygens (including phenoxy) is 1. The van der Waals surface area contributed by atoms with Crippen LogP contribution in [0, 0.1) is 17.1 Å². The van der Waals surface area contributed by atoms with Gasteiger partial charge >= 0.3 is 0 Å². The minimum Gasteiger partial charge on any atom is -0.479 e. The lowest BCUT2D eigenvalue weighted by molar-refractivity contribution is 0.0940. The highest BCUT2D eigenvalue weighted by Crippen LogP contribution is 2.25. The van der Waals surface area contributed by atoms with Gasteiger partial charge in [0.15, 0.2) is 12.4 Å². The molecule has 0 bridgehead atoms. The van der Waals surface area contributed by atoms with E-state index in [1.54, 1.807) is 30.3 Å². The zero-order chi connectivity index (χ0) is 21.6. The van der Waals surface area contributed by atoms with Crippen LogP contribution in [-0.4, -0.2) is 27.3 Å². The van der Waals surface area contributed by atoms with Crippen LogP contribution in [0.1, 0.15) is 16.2 Å². The molecule has 0 radical (unpaired) electrons. The molecule has 7 nitrogen and oxygen atoms in total. The molecule has 0 aliphatic carbocycles. The van der Waals surface area contributed by atoms with Gasteiger partial charge in [0.05, 0.1) is 10.6 Å². The van der Waals surface area contributed by atoms with Crippen LogP contribution in [0.4, 0.5) is 4.39 Å². The normalized spacial score (nSPS) is 10.5. The Morgan fingerprint density at radius 2 is 2.03 bits per heavy atom. The summed E-state index contributed by atoms with van der Waals surface area (Å²) >= 11 is 1.47. The van der Waals surface area contributed by atoms with Crippen molar-refractivity contribution in [1.82, 2.24) is 20.1 Å². The molecule has 2 aromatic heterocycles. The third-order valence-electron chi connectivity index (χ3n) is 4.28. The standard InChI is InChI=1S/C22H16FN5O2S/c23-16-6-8-17(9-7-16)28-21(19-5-2-12-31-19)26-20(27-28)22(29)25-14-15-3-1-4-18(13-15)30-11-10-24/h1-9,12-13H,11,14H2,(H,25,29). The molecule has 1 N–H and O–H groups in total. The number of benzene rings is 2. The van der Waals surface area contributed by atoms with E-state index in [1.165, 1.54) is 28.2 Å². The van der Waals surface area contributed by atoms with Gasteiger partial charge in [0.25, 0.3) is 5.91 Å². The molecule has 154 valence electrons. The van der Waals surface area contributed by atoms with Crippen LogP contribution in [-0.2, 0) is 6.54 Å². The van der Waals surface area contributed by atoms with Crippen molar-refractivity contribution in [3.05, 3.63) is 83.2 Å². The highest BCUT2D eigenvalue weighted by Gasteiger charge is 2.19. The number of hydrogen-bond donors (Lipinski definition) is 1. The Balaban J connectivity index is 1.55. The molecule has 2 aromatic carbocycles. The van der Waals surface area contributed by atoms with Crippen molar-refractivity contribution >= 4 is 17.2 Å². The van der Waals surface area contributed by atoms with Gasteiger partial charge in [-0.3, -0.25) is 4.79 Å². The Morgan fingerprint density at radius 3 is 2.77 bits per heavy atom. The van der Waals surface area contributed by atoms with E-state index in [0.717, 1.165) is 10.4 Å². The fourth-order valence-corrected chi connectivity index (χ4v) is 3.56. The number of aromatic nitrogens is 3. The predicted octanol–water partition coefficient (Wildman–Crippen LogP) is 3.97. The van der Waals surface area contributed by atoms with Crippen molar-refractivity contribution < 1.29 is 13.9 Å². The monoisotopic (exact) mass is 433 g/mol. The quantitative estimate of drug-likeness (QED) is 0.476. The average molecular weight is 433 g/mol. The number of carbonyl (C=O) groups excluding carboxylic acids is 1. The Kier molecular flexibility index (Phi) is 6.01. The molecule has 4 aromatic rings. The lowest BCUT2D eigenvalue weighted by Crippen LogP contribution is -2.24. The molecule has 0 saturated heterocycles. The zero-order valence-electron chi connectivity index (χ0n) is 16.2. The van der Waals surface area contributed by atoms with E-state index in [0.29, 0.717) is 17.3 Å². The van der Waals surface area contributed by atoms with Gasteiger partial charge < -0.3 is 10.1 Å². The van der Waals surface area contributed by atoms with Crippen molar-refractivity contribution in [3.63, 3.8) is 0 Å². The summed E-state index contributed by atoms with van der Waals surface area (Å²) in [5.74, 6) is 0.248. The first-order valence-corrected chi connectivity index (χ1v) is 10.2. The zero-order valence-corrected chi connectivity index (χ0v) is 17.0. The van der Waals surface area contributed by atoms with E-state index < -0.39 is 5.91 Å². The maximum Gasteiger partial charge on any atom is 0.291 e. The summed E-state index contributed by atoms with van der Waals surface area (Å²) in [5.41, 5.74) is 1.40. The molecule has 0 unspecified atom stereocenters. The smallest absolute Gasteiger partial charge is 0.291 e. The van der Waals surface area contributed by atoms with Crippen LogP contribution in [0.25, 0.3) is 16.4 Å². The molecule has 31 heavy (non-hydrogen) atoms. The molecule has 9 heteroatoms. The van der Waals surface area contributed by atoms with E-state index in [4.69, 9.17) is 10.00 Å². The van der Waals surface area contributed by atoms with Crippen molar-refractivity contribution in [2.75, 3.05) is 6.61 Å². The average Bonchev–Trinajstić information content (AvgIpc) is 3.47. The molecule has 0 atom stereocenters. The van der Waals surface area contributed by atoms with Crippen LogP contribution in [0.5, 0.6) is 5.75 Å². The van der Waals surface area contributed by atoms with Crippen molar-refractivity contribution in [2.24, 2.45) is 0 Å². The van der Waals surface area contributed by atoms with Crippen LogP contribution in [0.3, 0.4) is 0 Å². The number of nitrogens with zero attached hydrogens (tertiary/aromatic N) is 4. The van der Waals surface area contributed by atoms with E-state index in [1.807, 2.05) is 29.6 Å². The Morgan fingerprint density at radius 1 is 1.19 bits per heavy atom.